The van der Waals surface area contributed by atoms with Gasteiger partial charge in [-0.25, -0.2) is 4.79 Å². The largest absolute Gasteiger partial charge is 0.336 e. The highest BCUT2D eigenvalue weighted by atomic mass is 16.2. The first-order valence-electron chi connectivity index (χ1n) is 5.85. The minimum absolute atomic E-state index is 0.160. The third kappa shape index (κ3) is 1.30. The minimum Gasteiger partial charge on any atom is -0.336 e. The van der Waals surface area contributed by atoms with Gasteiger partial charge in [0.25, 0.3) is 0 Å². The lowest BCUT2D eigenvalue weighted by molar-refractivity contribution is 0.195. The lowest BCUT2D eigenvalue weighted by Crippen LogP contribution is -2.34. The van der Waals surface area contributed by atoms with Crippen LogP contribution in [0.3, 0.4) is 0 Å². The van der Waals surface area contributed by atoms with Crippen molar-refractivity contribution in [3.8, 4) is 0 Å². The van der Waals surface area contributed by atoms with Gasteiger partial charge in [0.1, 0.15) is 0 Å². The number of urea groups is 1. The number of amides is 2. The van der Waals surface area contributed by atoms with Gasteiger partial charge in [-0.3, -0.25) is 0 Å². The standard InChI is InChI=1S/C11H18N2O/c14-11-12-3-4-13(11)7-10-6-8-1-2-9(10)5-8/h8-10H,1-7H2,(H,12,14). The zero-order valence-electron chi connectivity index (χ0n) is 8.54. The number of carbonyl (C=O) groups is 1. The Hall–Kier alpha value is -0.730. The van der Waals surface area contributed by atoms with E-state index in [1.807, 2.05) is 4.90 Å². The topological polar surface area (TPSA) is 32.3 Å². The number of hydrogen-bond acceptors (Lipinski definition) is 1. The molecule has 0 aromatic rings. The van der Waals surface area contributed by atoms with Gasteiger partial charge in [0, 0.05) is 19.6 Å². The molecule has 3 atom stereocenters. The Labute approximate surface area is 84.8 Å². The van der Waals surface area contributed by atoms with E-state index in [4.69, 9.17) is 0 Å². The average Bonchev–Trinajstić information content (AvgIpc) is 2.83. The van der Waals surface area contributed by atoms with Crippen molar-refractivity contribution in [2.45, 2.75) is 25.7 Å². The van der Waals surface area contributed by atoms with Gasteiger partial charge in [-0.15, -0.1) is 0 Å². The summed E-state index contributed by atoms with van der Waals surface area (Å²) < 4.78 is 0. The molecule has 3 nitrogen and oxygen atoms in total. The van der Waals surface area contributed by atoms with Crippen LogP contribution >= 0.6 is 0 Å². The quantitative estimate of drug-likeness (QED) is 0.709. The van der Waals surface area contributed by atoms with Gasteiger partial charge in [0.05, 0.1) is 0 Å². The van der Waals surface area contributed by atoms with Gasteiger partial charge in [0.15, 0.2) is 0 Å². The molecule has 14 heavy (non-hydrogen) atoms. The molecule has 3 fully saturated rings. The highest BCUT2D eigenvalue weighted by molar-refractivity contribution is 5.76. The SMILES string of the molecule is O=C1NCCN1CC1CC2CCC1C2. The molecule has 1 N–H and O–H groups in total. The second-order valence-electron chi connectivity index (χ2n) is 5.11. The van der Waals surface area contributed by atoms with Crippen molar-refractivity contribution in [1.29, 1.82) is 0 Å². The highest BCUT2D eigenvalue weighted by Crippen LogP contribution is 2.48. The van der Waals surface area contributed by atoms with E-state index in [0.717, 1.165) is 37.4 Å². The molecule has 0 aromatic heterocycles. The molecule has 2 bridgehead atoms. The Bertz CT molecular complexity index is 254. The number of rotatable bonds is 2. The molecular weight excluding hydrogens is 176 g/mol. The molecule has 0 spiro atoms. The third-order valence-corrected chi connectivity index (χ3v) is 4.28. The van der Waals surface area contributed by atoms with Crippen LogP contribution in [-0.2, 0) is 0 Å². The van der Waals surface area contributed by atoms with Crippen molar-refractivity contribution in [2.24, 2.45) is 17.8 Å². The van der Waals surface area contributed by atoms with E-state index in [-0.39, 0.29) is 6.03 Å². The Kier molecular flexibility index (Phi) is 1.92. The Morgan fingerprint density at radius 3 is 2.86 bits per heavy atom. The van der Waals surface area contributed by atoms with Gasteiger partial charge < -0.3 is 10.2 Å². The number of carbonyl (C=O) groups excluding carboxylic acids is 1. The predicted octanol–water partition coefficient (Wildman–Crippen LogP) is 1.45. The zero-order chi connectivity index (χ0) is 9.54. The van der Waals surface area contributed by atoms with Gasteiger partial charge in [-0.05, 0) is 37.0 Å². The first-order valence-corrected chi connectivity index (χ1v) is 5.85. The number of nitrogens with zero attached hydrogens (tertiary/aromatic N) is 1. The molecule has 3 aliphatic rings. The van der Waals surface area contributed by atoms with Crippen LogP contribution in [0.15, 0.2) is 0 Å². The van der Waals surface area contributed by atoms with Crippen molar-refractivity contribution in [3.05, 3.63) is 0 Å². The number of nitrogens with one attached hydrogen (secondary N) is 1. The van der Waals surface area contributed by atoms with Crippen molar-refractivity contribution >= 4 is 6.03 Å². The Morgan fingerprint density at radius 2 is 2.29 bits per heavy atom. The average molecular weight is 194 g/mol. The summed E-state index contributed by atoms with van der Waals surface area (Å²) in [7, 11) is 0. The van der Waals surface area contributed by atoms with Crippen LogP contribution in [-0.4, -0.2) is 30.6 Å². The summed E-state index contributed by atoms with van der Waals surface area (Å²) in [6.45, 7) is 2.79. The lowest BCUT2D eigenvalue weighted by Gasteiger charge is -2.26. The molecule has 1 saturated heterocycles. The summed E-state index contributed by atoms with van der Waals surface area (Å²) in [4.78, 5) is 13.4. The molecule has 3 heteroatoms. The van der Waals surface area contributed by atoms with E-state index in [0.29, 0.717) is 0 Å². The maximum atomic E-state index is 11.4. The van der Waals surface area contributed by atoms with Gasteiger partial charge in [-0.1, -0.05) is 6.42 Å². The van der Waals surface area contributed by atoms with E-state index >= 15 is 0 Å². The molecule has 0 aromatic carbocycles. The monoisotopic (exact) mass is 194 g/mol. The van der Waals surface area contributed by atoms with E-state index < -0.39 is 0 Å². The van der Waals surface area contributed by atoms with E-state index in [9.17, 15) is 4.79 Å². The van der Waals surface area contributed by atoms with Crippen molar-refractivity contribution in [1.82, 2.24) is 10.2 Å². The Morgan fingerprint density at radius 1 is 1.36 bits per heavy atom. The molecule has 2 saturated carbocycles. The lowest BCUT2D eigenvalue weighted by atomic mass is 9.88. The molecule has 78 valence electrons. The molecule has 1 heterocycles. The molecule has 0 radical (unpaired) electrons. The molecule has 2 amide bonds. The summed E-state index contributed by atoms with van der Waals surface area (Å²) in [6.07, 6.45) is 5.70. The fourth-order valence-electron chi connectivity index (χ4n) is 3.57. The summed E-state index contributed by atoms with van der Waals surface area (Å²) in [5, 5.41) is 2.87. The molecule has 3 rings (SSSR count). The second kappa shape index (κ2) is 3.14. The predicted molar refractivity (Wildman–Crippen MR) is 53.9 cm³/mol. The van der Waals surface area contributed by atoms with E-state index in [2.05, 4.69) is 5.32 Å². The van der Waals surface area contributed by atoms with Crippen LogP contribution in [0, 0.1) is 17.8 Å². The van der Waals surface area contributed by atoms with Crippen molar-refractivity contribution in [2.75, 3.05) is 19.6 Å². The smallest absolute Gasteiger partial charge is 0.317 e. The molecule has 2 aliphatic carbocycles. The maximum absolute atomic E-state index is 11.4. The van der Waals surface area contributed by atoms with Crippen LogP contribution in [0.1, 0.15) is 25.7 Å². The number of fused-ring (bicyclic) bond motifs is 2. The highest BCUT2D eigenvalue weighted by Gasteiger charge is 2.40. The van der Waals surface area contributed by atoms with Crippen LogP contribution in [0.4, 0.5) is 4.79 Å². The fraction of sp³-hybridized carbons (Fsp3) is 0.909. The van der Waals surface area contributed by atoms with Crippen LogP contribution < -0.4 is 5.32 Å². The molecule has 1 aliphatic heterocycles. The van der Waals surface area contributed by atoms with Crippen LogP contribution in [0.25, 0.3) is 0 Å². The summed E-state index contributed by atoms with van der Waals surface area (Å²) >= 11 is 0. The first kappa shape index (κ1) is 8.57. The number of hydrogen-bond donors (Lipinski definition) is 1. The molecule has 3 unspecified atom stereocenters. The summed E-state index contributed by atoms with van der Waals surface area (Å²) in [5.74, 6) is 2.75. The van der Waals surface area contributed by atoms with Crippen LogP contribution in [0.2, 0.25) is 0 Å². The van der Waals surface area contributed by atoms with Gasteiger partial charge >= 0.3 is 6.03 Å². The van der Waals surface area contributed by atoms with Crippen LogP contribution in [0.5, 0.6) is 0 Å². The Balaban J connectivity index is 1.60. The maximum Gasteiger partial charge on any atom is 0.317 e. The van der Waals surface area contributed by atoms with Crippen molar-refractivity contribution in [3.63, 3.8) is 0 Å². The molecular formula is C11H18N2O. The fourth-order valence-corrected chi connectivity index (χ4v) is 3.57. The zero-order valence-corrected chi connectivity index (χ0v) is 8.54. The third-order valence-electron chi connectivity index (χ3n) is 4.28. The van der Waals surface area contributed by atoms with Gasteiger partial charge in [0.2, 0.25) is 0 Å². The second-order valence-corrected chi connectivity index (χ2v) is 5.11. The summed E-state index contributed by atoms with van der Waals surface area (Å²) in [5.41, 5.74) is 0. The first-order chi connectivity index (χ1) is 6.83. The van der Waals surface area contributed by atoms with E-state index in [1.54, 1.807) is 0 Å². The minimum atomic E-state index is 0.160. The van der Waals surface area contributed by atoms with E-state index in [1.165, 1.54) is 25.7 Å². The normalized spacial score (nSPS) is 40.7. The summed E-state index contributed by atoms with van der Waals surface area (Å²) in [6, 6.07) is 0.160. The van der Waals surface area contributed by atoms with Gasteiger partial charge in [-0.2, -0.15) is 0 Å². The van der Waals surface area contributed by atoms with Crippen molar-refractivity contribution < 1.29 is 4.79 Å².